The molecule has 3 aromatic rings. The molecule has 0 fully saturated rings. The number of hydrazine groups is 1. The Morgan fingerprint density at radius 2 is 1.28 bits per heavy atom. The lowest BCUT2D eigenvalue weighted by molar-refractivity contribution is 0.0979. The van der Waals surface area contributed by atoms with E-state index in [1.165, 1.54) is 0 Å². The first-order valence-electron chi connectivity index (χ1n) is 8.06. The Bertz CT molecular complexity index is 980. The van der Waals surface area contributed by atoms with Crippen LogP contribution >= 0.6 is 0 Å². The molecule has 0 radical (unpaired) electrons. The molecule has 0 saturated carbocycles. The van der Waals surface area contributed by atoms with Crippen LogP contribution in [0, 0.1) is 0 Å². The van der Waals surface area contributed by atoms with Crippen molar-refractivity contribution in [3.63, 3.8) is 0 Å². The van der Waals surface area contributed by atoms with Crippen LogP contribution in [0.1, 0.15) is 31.8 Å². The maximum absolute atomic E-state index is 13.1. The SMILES string of the molecule is CNN(c1ccccc1)c1cccc2c1C(=O)c1ccccc1C2=O. The summed E-state index contributed by atoms with van der Waals surface area (Å²) in [5.41, 5.74) is 6.46. The van der Waals surface area contributed by atoms with Gasteiger partial charge in [-0.3, -0.25) is 14.6 Å². The van der Waals surface area contributed by atoms with Crippen LogP contribution in [-0.2, 0) is 0 Å². The second-order valence-corrected chi connectivity index (χ2v) is 5.80. The van der Waals surface area contributed by atoms with E-state index in [4.69, 9.17) is 0 Å². The molecule has 4 rings (SSSR count). The van der Waals surface area contributed by atoms with E-state index in [9.17, 15) is 9.59 Å². The summed E-state index contributed by atoms with van der Waals surface area (Å²) in [7, 11) is 1.79. The van der Waals surface area contributed by atoms with Crippen LogP contribution in [0.25, 0.3) is 0 Å². The molecule has 0 heterocycles. The summed E-state index contributed by atoms with van der Waals surface area (Å²) in [6.45, 7) is 0. The zero-order valence-electron chi connectivity index (χ0n) is 13.7. The first-order valence-corrected chi connectivity index (χ1v) is 8.06. The summed E-state index contributed by atoms with van der Waals surface area (Å²) in [5, 5.41) is 1.82. The minimum absolute atomic E-state index is 0.115. The number of nitrogens with one attached hydrogen (secondary N) is 1. The Kier molecular flexibility index (Phi) is 3.67. The molecule has 1 N–H and O–H groups in total. The molecule has 0 atom stereocenters. The molecule has 1 aliphatic carbocycles. The van der Waals surface area contributed by atoms with Gasteiger partial charge in [-0.15, -0.1) is 0 Å². The van der Waals surface area contributed by atoms with E-state index >= 15 is 0 Å². The number of anilines is 2. The highest BCUT2D eigenvalue weighted by atomic mass is 16.1. The molecule has 4 heteroatoms. The molecule has 0 spiro atoms. The van der Waals surface area contributed by atoms with Gasteiger partial charge in [0, 0.05) is 23.7 Å². The van der Waals surface area contributed by atoms with E-state index in [1.54, 1.807) is 43.4 Å². The van der Waals surface area contributed by atoms with Crippen molar-refractivity contribution in [2.45, 2.75) is 0 Å². The molecule has 3 aromatic carbocycles. The molecule has 25 heavy (non-hydrogen) atoms. The van der Waals surface area contributed by atoms with Crippen LogP contribution in [0.4, 0.5) is 11.4 Å². The first-order chi connectivity index (χ1) is 12.2. The van der Waals surface area contributed by atoms with Gasteiger partial charge in [0.2, 0.25) is 0 Å². The molecule has 0 saturated heterocycles. The molecule has 0 unspecified atom stereocenters. The Balaban J connectivity index is 1.93. The second-order valence-electron chi connectivity index (χ2n) is 5.80. The summed E-state index contributed by atoms with van der Waals surface area (Å²) >= 11 is 0. The molecule has 0 amide bonds. The highest BCUT2D eigenvalue weighted by Gasteiger charge is 2.32. The van der Waals surface area contributed by atoms with Gasteiger partial charge in [0.05, 0.1) is 16.9 Å². The maximum Gasteiger partial charge on any atom is 0.196 e. The van der Waals surface area contributed by atoms with Gasteiger partial charge in [0.25, 0.3) is 0 Å². The quantitative estimate of drug-likeness (QED) is 0.582. The van der Waals surface area contributed by atoms with Crippen molar-refractivity contribution < 1.29 is 9.59 Å². The van der Waals surface area contributed by atoms with Crippen molar-refractivity contribution in [1.29, 1.82) is 0 Å². The number of hydrogen-bond donors (Lipinski definition) is 1. The molecule has 0 aliphatic heterocycles. The van der Waals surface area contributed by atoms with Crippen LogP contribution in [0.5, 0.6) is 0 Å². The normalized spacial score (nSPS) is 12.5. The van der Waals surface area contributed by atoms with E-state index in [1.807, 2.05) is 41.4 Å². The molecular formula is C21H16N2O2. The largest absolute Gasteiger partial charge is 0.289 e. The van der Waals surface area contributed by atoms with Crippen molar-refractivity contribution in [3.05, 3.63) is 95.1 Å². The van der Waals surface area contributed by atoms with E-state index < -0.39 is 0 Å². The van der Waals surface area contributed by atoms with Crippen molar-refractivity contribution in [3.8, 4) is 0 Å². The standard InChI is InChI=1S/C21H16N2O2/c1-22-23(14-8-3-2-4-9-14)18-13-7-12-17-19(18)21(25)16-11-6-5-10-15(16)20(17)24/h2-13,22H,1H3. The van der Waals surface area contributed by atoms with E-state index in [2.05, 4.69) is 5.43 Å². The van der Waals surface area contributed by atoms with Crippen LogP contribution in [0.2, 0.25) is 0 Å². The summed E-state index contributed by atoms with van der Waals surface area (Å²) in [6, 6.07) is 22.0. The van der Waals surface area contributed by atoms with E-state index in [0.717, 1.165) is 5.69 Å². The smallest absolute Gasteiger partial charge is 0.196 e. The fourth-order valence-electron chi connectivity index (χ4n) is 3.28. The molecule has 0 aromatic heterocycles. The maximum atomic E-state index is 13.1. The third-order valence-electron chi connectivity index (χ3n) is 4.41. The van der Waals surface area contributed by atoms with Crippen molar-refractivity contribution >= 4 is 22.9 Å². The highest BCUT2D eigenvalue weighted by Crippen LogP contribution is 2.35. The van der Waals surface area contributed by atoms with Gasteiger partial charge in [-0.1, -0.05) is 54.6 Å². The predicted molar refractivity (Wildman–Crippen MR) is 97.4 cm³/mol. The van der Waals surface area contributed by atoms with Crippen molar-refractivity contribution in [2.24, 2.45) is 0 Å². The predicted octanol–water partition coefficient (Wildman–Crippen LogP) is 3.73. The zero-order chi connectivity index (χ0) is 17.4. The lowest BCUT2D eigenvalue weighted by atomic mass is 9.83. The molecule has 4 nitrogen and oxygen atoms in total. The molecule has 0 bridgehead atoms. The van der Waals surface area contributed by atoms with Gasteiger partial charge in [0.1, 0.15) is 0 Å². The second kappa shape index (κ2) is 6.00. The molecular weight excluding hydrogens is 312 g/mol. The summed E-state index contributed by atoms with van der Waals surface area (Å²) < 4.78 is 0. The number of fused-ring (bicyclic) bond motifs is 2. The molecule has 122 valence electrons. The lowest BCUT2D eigenvalue weighted by Crippen LogP contribution is -2.33. The third-order valence-corrected chi connectivity index (χ3v) is 4.41. The van der Waals surface area contributed by atoms with Crippen molar-refractivity contribution in [2.75, 3.05) is 12.1 Å². The Morgan fingerprint density at radius 3 is 1.96 bits per heavy atom. The summed E-state index contributed by atoms with van der Waals surface area (Å²) in [5.74, 6) is -0.242. The van der Waals surface area contributed by atoms with Gasteiger partial charge in [0.15, 0.2) is 11.6 Å². The van der Waals surface area contributed by atoms with Crippen LogP contribution in [0.3, 0.4) is 0 Å². The van der Waals surface area contributed by atoms with Gasteiger partial charge in [-0.25, -0.2) is 5.43 Å². The summed E-state index contributed by atoms with van der Waals surface area (Å²) in [6.07, 6.45) is 0. The van der Waals surface area contributed by atoms with E-state index in [0.29, 0.717) is 27.9 Å². The van der Waals surface area contributed by atoms with E-state index in [-0.39, 0.29) is 11.6 Å². The lowest BCUT2D eigenvalue weighted by Gasteiger charge is -2.28. The summed E-state index contributed by atoms with van der Waals surface area (Å²) in [4.78, 5) is 26.0. The third kappa shape index (κ3) is 2.35. The number of hydrogen-bond acceptors (Lipinski definition) is 4. The average Bonchev–Trinajstić information content (AvgIpc) is 2.67. The number of rotatable bonds is 3. The first kappa shape index (κ1) is 15.3. The van der Waals surface area contributed by atoms with Crippen LogP contribution in [0.15, 0.2) is 72.8 Å². The van der Waals surface area contributed by atoms with Crippen LogP contribution in [-0.4, -0.2) is 18.6 Å². The topological polar surface area (TPSA) is 49.4 Å². The zero-order valence-corrected chi connectivity index (χ0v) is 13.7. The minimum atomic E-state index is -0.128. The average molecular weight is 328 g/mol. The Hall–Kier alpha value is -3.24. The number of nitrogens with zero attached hydrogens (tertiary/aromatic N) is 1. The number of ketones is 2. The minimum Gasteiger partial charge on any atom is -0.289 e. The number of para-hydroxylation sites is 1. The van der Waals surface area contributed by atoms with Crippen molar-refractivity contribution in [1.82, 2.24) is 5.43 Å². The number of carbonyl (C=O) groups excluding carboxylic acids is 2. The van der Waals surface area contributed by atoms with Crippen LogP contribution < -0.4 is 10.4 Å². The van der Waals surface area contributed by atoms with Gasteiger partial charge in [-0.2, -0.15) is 0 Å². The number of carbonyl (C=O) groups is 2. The number of benzene rings is 3. The fraction of sp³-hybridized carbons (Fsp3) is 0.0476. The molecule has 1 aliphatic rings. The highest BCUT2D eigenvalue weighted by molar-refractivity contribution is 6.30. The van der Waals surface area contributed by atoms with Gasteiger partial charge < -0.3 is 0 Å². The fourth-order valence-corrected chi connectivity index (χ4v) is 3.28. The van der Waals surface area contributed by atoms with Gasteiger partial charge in [-0.05, 0) is 18.2 Å². The Morgan fingerprint density at radius 1 is 0.680 bits per heavy atom. The monoisotopic (exact) mass is 328 g/mol. The Labute approximate surface area is 145 Å². The van der Waals surface area contributed by atoms with Gasteiger partial charge >= 0.3 is 0 Å².